The molecule has 0 spiro atoms. The molecule has 0 bridgehead atoms. The summed E-state index contributed by atoms with van der Waals surface area (Å²) in [6.45, 7) is 6.95. The minimum Gasteiger partial charge on any atom is -0.508 e. The number of aromatic nitrogens is 1. The van der Waals surface area contributed by atoms with Crippen molar-refractivity contribution in [3.8, 4) is 56.7 Å². The van der Waals surface area contributed by atoms with Crippen LogP contribution < -0.4 is 11.2 Å². The van der Waals surface area contributed by atoms with Crippen LogP contribution in [0.2, 0.25) is 0 Å². The van der Waals surface area contributed by atoms with Gasteiger partial charge in [0.1, 0.15) is 34.2 Å². The van der Waals surface area contributed by atoms with Crippen LogP contribution in [0, 0.1) is 27.7 Å². The van der Waals surface area contributed by atoms with Gasteiger partial charge >= 0.3 is 0 Å². The lowest BCUT2D eigenvalue weighted by atomic mass is 9.92. The number of benzene rings is 4. The van der Waals surface area contributed by atoms with E-state index >= 15 is 0 Å². The number of hydrogen-bond donors (Lipinski definition) is 5. The minimum absolute atomic E-state index is 0.0336. The normalized spacial score (nSPS) is 11.4. The van der Waals surface area contributed by atoms with E-state index in [9.17, 15) is 25.2 Å². The summed E-state index contributed by atoms with van der Waals surface area (Å²) in [5, 5.41) is 41.5. The lowest BCUT2D eigenvalue weighted by Crippen LogP contribution is -2.10. The highest BCUT2D eigenvalue weighted by atomic mass is 16.3. The molecule has 182 valence electrons. The van der Waals surface area contributed by atoms with Crippen molar-refractivity contribution in [1.29, 1.82) is 0 Å². The van der Waals surface area contributed by atoms with Crippen molar-refractivity contribution < 1.29 is 24.8 Å². The summed E-state index contributed by atoms with van der Waals surface area (Å²) >= 11 is 0. The summed E-state index contributed by atoms with van der Waals surface area (Å²) in [6, 6.07) is 8.59. The van der Waals surface area contributed by atoms with E-state index in [2.05, 4.69) is 0 Å². The Balaban J connectivity index is 1.85. The number of nitrogens with two attached hydrogens (primary N) is 1. The van der Waals surface area contributed by atoms with E-state index in [0.717, 1.165) is 0 Å². The predicted molar refractivity (Wildman–Crippen MR) is 138 cm³/mol. The number of fused-ring (bicyclic) bond motifs is 2. The topological polar surface area (TPSA) is 150 Å². The molecule has 0 saturated heterocycles. The van der Waals surface area contributed by atoms with E-state index in [-0.39, 0.29) is 39.9 Å². The molecule has 3 aromatic carbocycles. The number of aryl methyl sites for hydroxylation is 3. The first kappa shape index (κ1) is 23.0. The van der Waals surface area contributed by atoms with E-state index in [1.165, 1.54) is 30.3 Å². The molecule has 0 fully saturated rings. The molecule has 3 aromatic rings. The van der Waals surface area contributed by atoms with Crippen LogP contribution in [0.25, 0.3) is 44.8 Å². The first-order chi connectivity index (χ1) is 17.0. The van der Waals surface area contributed by atoms with Crippen molar-refractivity contribution in [2.75, 3.05) is 5.73 Å². The van der Waals surface area contributed by atoms with Gasteiger partial charge in [0.25, 0.3) is 0 Å². The highest BCUT2D eigenvalue weighted by Gasteiger charge is 2.25. The van der Waals surface area contributed by atoms with Crippen molar-refractivity contribution in [3.05, 3.63) is 68.9 Å². The van der Waals surface area contributed by atoms with Gasteiger partial charge in [0.05, 0.1) is 5.56 Å². The van der Waals surface area contributed by atoms with Crippen molar-refractivity contribution >= 4 is 16.8 Å². The van der Waals surface area contributed by atoms with Crippen LogP contribution in [0.5, 0.6) is 23.0 Å². The summed E-state index contributed by atoms with van der Waals surface area (Å²) in [5.41, 5.74) is 11.0. The van der Waals surface area contributed by atoms with Gasteiger partial charge in [-0.05, 0) is 68.1 Å². The van der Waals surface area contributed by atoms with E-state index < -0.39 is 5.43 Å². The van der Waals surface area contributed by atoms with Crippen LogP contribution in [0.15, 0.2) is 45.6 Å². The lowest BCUT2D eigenvalue weighted by molar-refractivity contribution is 0.450. The number of hydrogen-bond acceptors (Lipinski definition) is 8. The molecule has 1 aliphatic heterocycles. The van der Waals surface area contributed by atoms with Crippen LogP contribution in [0.1, 0.15) is 22.3 Å². The Bertz CT molecular complexity index is 1710. The Morgan fingerprint density at radius 3 is 2.03 bits per heavy atom. The standard InChI is InChI=1S/C28H24N2O6/c1-11-5-17(32)26(18(33)6-11)25-14(4)28-22(10-20(25)35)36-21-9-16(29)24(13(3)27(21)30-28)23-12(2)7-15(31)8-19(23)34/h5-10,31-34H,29H2,1-4H3. The quantitative estimate of drug-likeness (QED) is 0.168. The van der Waals surface area contributed by atoms with E-state index in [1.807, 2.05) is 0 Å². The molecule has 1 heterocycles. The number of nitrogens with zero attached hydrogens (tertiary/aromatic N) is 1. The maximum absolute atomic E-state index is 13.1. The van der Waals surface area contributed by atoms with Gasteiger partial charge in [-0.3, -0.25) is 4.79 Å². The first-order valence-electron chi connectivity index (χ1n) is 11.2. The monoisotopic (exact) mass is 484 g/mol. The minimum atomic E-state index is -0.440. The van der Waals surface area contributed by atoms with Gasteiger partial charge in [-0.15, -0.1) is 0 Å². The van der Waals surface area contributed by atoms with Gasteiger partial charge in [-0.1, -0.05) is 0 Å². The van der Waals surface area contributed by atoms with E-state index in [4.69, 9.17) is 15.1 Å². The third kappa shape index (κ3) is 3.38. The third-order valence-electron chi connectivity index (χ3n) is 6.50. The van der Waals surface area contributed by atoms with E-state index in [0.29, 0.717) is 55.9 Å². The summed E-state index contributed by atoms with van der Waals surface area (Å²) in [5.74, 6) is -0.387. The zero-order valence-corrected chi connectivity index (χ0v) is 20.1. The second kappa shape index (κ2) is 7.91. The Morgan fingerprint density at radius 1 is 0.750 bits per heavy atom. The zero-order valence-electron chi connectivity index (χ0n) is 20.1. The molecule has 0 radical (unpaired) electrons. The molecule has 0 atom stereocenters. The van der Waals surface area contributed by atoms with Crippen molar-refractivity contribution in [2.45, 2.75) is 27.7 Å². The molecule has 8 nitrogen and oxygen atoms in total. The SMILES string of the molecule is Cc1cc(O)c(-c2c(C)c3nc4c(C)c(-c5c(C)cc(O)cc5O)c(N)cc4oc-3cc2=O)c(O)c1. The average molecular weight is 485 g/mol. The fraction of sp³-hybridized carbons (Fsp3) is 0.143. The van der Waals surface area contributed by atoms with Gasteiger partial charge in [0, 0.05) is 40.6 Å². The van der Waals surface area contributed by atoms with Gasteiger partial charge < -0.3 is 30.6 Å². The number of nitrogen functional groups attached to an aromatic ring is 1. The highest BCUT2D eigenvalue weighted by Crippen LogP contribution is 2.45. The Morgan fingerprint density at radius 2 is 1.39 bits per heavy atom. The molecule has 2 aliphatic rings. The number of rotatable bonds is 2. The number of phenols is 4. The van der Waals surface area contributed by atoms with Crippen molar-refractivity contribution in [1.82, 2.24) is 4.98 Å². The molecule has 0 aromatic heterocycles. The fourth-order valence-electron chi connectivity index (χ4n) is 4.94. The Labute approximate surface area is 205 Å². The number of phenolic OH excluding ortho intramolecular Hbond substituents is 4. The largest absolute Gasteiger partial charge is 0.508 e. The average Bonchev–Trinajstić information content (AvgIpc) is 2.76. The molecule has 0 saturated carbocycles. The van der Waals surface area contributed by atoms with Crippen LogP contribution >= 0.6 is 0 Å². The summed E-state index contributed by atoms with van der Waals surface area (Å²) in [7, 11) is 0. The summed E-state index contributed by atoms with van der Waals surface area (Å²) in [6.07, 6.45) is 0. The maximum Gasteiger partial charge on any atom is 0.190 e. The van der Waals surface area contributed by atoms with Gasteiger partial charge in [0.15, 0.2) is 16.8 Å². The molecule has 6 N–H and O–H groups in total. The van der Waals surface area contributed by atoms with Gasteiger partial charge in [0.2, 0.25) is 0 Å². The van der Waals surface area contributed by atoms with Crippen molar-refractivity contribution in [2.24, 2.45) is 0 Å². The molecule has 0 unspecified atom stereocenters. The smallest absolute Gasteiger partial charge is 0.190 e. The molecule has 1 aliphatic carbocycles. The maximum atomic E-state index is 13.1. The summed E-state index contributed by atoms with van der Waals surface area (Å²) in [4.78, 5) is 17.9. The number of aromatic hydroxyl groups is 4. The zero-order chi connectivity index (χ0) is 26.0. The molecule has 0 amide bonds. The second-order valence-electron chi connectivity index (χ2n) is 9.08. The molecule has 8 heteroatoms. The van der Waals surface area contributed by atoms with Crippen molar-refractivity contribution in [3.63, 3.8) is 0 Å². The van der Waals surface area contributed by atoms with Gasteiger partial charge in [-0.25, -0.2) is 4.98 Å². The lowest BCUT2D eigenvalue weighted by Gasteiger charge is -2.18. The first-order valence-corrected chi connectivity index (χ1v) is 11.2. The molecular formula is C28H24N2O6. The van der Waals surface area contributed by atoms with Crippen LogP contribution in [-0.4, -0.2) is 25.4 Å². The number of anilines is 1. The second-order valence-corrected chi connectivity index (χ2v) is 9.08. The van der Waals surface area contributed by atoms with Crippen LogP contribution in [-0.2, 0) is 0 Å². The summed E-state index contributed by atoms with van der Waals surface area (Å²) < 4.78 is 6.04. The van der Waals surface area contributed by atoms with Crippen LogP contribution in [0.4, 0.5) is 5.69 Å². The third-order valence-corrected chi connectivity index (χ3v) is 6.50. The Hall–Kier alpha value is -4.72. The van der Waals surface area contributed by atoms with Gasteiger partial charge in [-0.2, -0.15) is 0 Å². The van der Waals surface area contributed by atoms with Crippen LogP contribution in [0.3, 0.4) is 0 Å². The van der Waals surface area contributed by atoms with E-state index in [1.54, 1.807) is 33.8 Å². The fourth-order valence-corrected chi connectivity index (χ4v) is 4.94. The molecular weight excluding hydrogens is 460 g/mol. The molecule has 36 heavy (non-hydrogen) atoms. The predicted octanol–water partition coefficient (Wildman–Crippen LogP) is 5.27. The highest BCUT2D eigenvalue weighted by molar-refractivity contribution is 5.96. The Kier molecular flexibility index (Phi) is 5.06. The molecule has 5 rings (SSSR count).